The van der Waals surface area contributed by atoms with Crippen molar-refractivity contribution in [3.63, 3.8) is 0 Å². The van der Waals surface area contributed by atoms with Gasteiger partial charge < -0.3 is 14.2 Å². The van der Waals surface area contributed by atoms with Gasteiger partial charge in [-0.15, -0.1) is 0 Å². The molecule has 5 nitrogen and oxygen atoms in total. The Morgan fingerprint density at radius 2 is 1.42 bits per heavy atom. The first-order valence-corrected chi connectivity index (χ1v) is 9.44. The minimum Gasteiger partial charge on any atom is -0.497 e. The number of ether oxygens (including phenoxy) is 3. The van der Waals surface area contributed by atoms with Crippen molar-refractivity contribution in [2.75, 3.05) is 7.11 Å². The van der Waals surface area contributed by atoms with Gasteiger partial charge in [0.25, 0.3) is 0 Å². The summed E-state index contributed by atoms with van der Waals surface area (Å²) in [4.78, 5) is 24.3. The molecule has 4 atom stereocenters. The fraction of sp³-hybridized carbons (Fsp3) is 0.619. The second-order valence-electron chi connectivity index (χ2n) is 7.16. The van der Waals surface area contributed by atoms with Crippen molar-refractivity contribution in [3.05, 3.63) is 29.8 Å². The van der Waals surface area contributed by atoms with Gasteiger partial charge in [-0.25, -0.2) is 0 Å². The van der Waals surface area contributed by atoms with Gasteiger partial charge in [0.05, 0.1) is 13.0 Å². The van der Waals surface area contributed by atoms with Crippen LogP contribution in [-0.2, 0) is 19.1 Å². The van der Waals surface area contributed by atoms with E-state index in [4.69, 9.17) is 14.2 Å². The van der Waals surface area contributed by atoms with Gasteiger partial charge in [0.15, 0.2) is 0 Å². The highest BCUT2D eigenvalue weighted by Crippen LogP contribution is 2.39. The molecule has 1 heterocycles. The van der Waals surface area contributed by atoms with E-state index in [9.17, 15) is 9.59 Å². The summed E-state index contributed by atoms with van der Waals surface area (Å²) in [6, 6.07) is 7.72. The molecule has 1 saturated heterocycles. The third-order valence-electron chi connectivity index (χ3n) is 5.44. The highest BCUT2D eigenvalue weighted by atomic mass is 16.6. The molecule has 1 aromatic carbocycles. The van der Waals surface area contributed by atoms with Crippen molar-refractivity contribution in [2.24, 2.45) is 11.8 Å². The first-order valence-electron chi connectivity index (χ1n) is 9.44. The smallest absolute Gasteiger partial charge is 0.317 e. The van der Waals surface area contributed by atoms with Crippen LogP contribution in [0.2, 0.25) is 0 Å². The molecule has 0 saturated carbocycles. The Hall–Kier alpha value is -2.04. The zero-order chi connectivity index (χ0) is 19.3. The van der Waals surface area contributed by atoms with Gasteiger partial charge in [-0.2, -0.15) is 0 Å². The number of hydrogen-bond donors (Lipinski definition) is 0. The second-order valence-corrected chi connectivity index (χ2v) is 7.16. The van der Waals surface area contributed by atoms with Gasteiger partial charge in [-0.3, -0.25) is 9.59 Å². The molecule has 5 heteroatoms. The average Bonchev–Trinajstić information content (AvgIpc) is 2.64. The lowest BCUT2D eigenvalue weighted by Crippen LogP contribution is -2.45. The summed E-state index contributed by atoms with van der Waals surface area (Å²) in [6.45, 7) is 8.30. The van der Waals surface area contributed by atoms with Gasteiger partial charge in [-0.05, 0) is 29.5 Å². The van der Waals surface area contributed by atoms with Crippen LogP contribution in [0.25, 0.3) is 0 Å². The quantitative estimate of drug-likeness (QED) is 0.563. The number of carbonyl (C=O) groups is 2. The Labute approximate surface area is 156 Å². The lowest BCUT2D eigenvalue weighted by molar-refractivity contribution is -0.176. The minimum absolute atomic E-state index is 0.148. The van der Waals surface area contributed by atoms with Crippen molar-refractivity contribution in [3.8, 4) is 5.75 Å². The van der Waals surface area contributed by atoms with Gasteiger partial charge in [-0.1, -0.05) is 52.7 Å². The maximum Gasteiger partial charge on any atom is 0.317 e. The number of carbonyl (C=O) groups excluding carboxylic acids is 2. The summed E-state index contributed by atoms with van der Waals surface area (Å²) in [5, 5.41) is 0. The highest BCUT2D eigenvalue weighted by Gasteiger charge is 2.42. The predicted octanol–water partition coefficient (Wildman–Crippen LogP) is 4.10. The van der Waals surface area contributed by atoms with Gasteiger partial charge in [0.1, 0.15) is 24.4 Å². The zero-order valence-electron chi connectivity index (χ0n) is 16.4. The van der Waals surface area contributed by atoms with Gasteiger partial charge >= 0.3 is 11.9 Å². The fourth-order valence-corrected chi connectivity index (χ4v) is 3.45. The molecule has 1 aromatic rings. The Bertz CT molecular complexity index is 579. The van der Waals surface area contributed by atoms with E-state index in [0.717, 1.165) is 24.2 Å². The van der Waals surface area contributed by atoms with Crippen LogP contribution < -0.4 is 4.74 Å². The molecule has 26 heavy (non-hydrogen) atoms. The number of methoxy groups -OCH3 is 1. The number of hydrogen-bond acceptors (Lipinski definition) is 5. The summed E-state index contributed by atoms with van der Waals surface area (Å²) in [5.74, 6) is -0.181. The third kappa shape index (κ3) is 4.57. The molecule has 2 rings (SSSR count). The van der Waals surface area contributed by atoms with Crippen molar-refractivity contribution in [2.45, 2.75) is 65.1 Å². The Morgan fingerprint density at radius 3 is 1.81 bits per heavy atom. The summed E-state index contributed by atoms with van der Waals surface area (Å²) >= 11 is 0. The standard InChI is InChI=1S/C21H30O5/c1-6-13(3)20-19(15-8-10-16(24-5)11-9-15)21(14(4)7-2)26-18(23)12-17(22)25-20/h8-11,13-14,19-21H,6-7,12H2,1-5H3. The molecule has 0 spiro atoms. The van der Waals surface area contributed by atoms with Crippen LogP contribution in [-0.4, -0.2) is 31.3 Å². The Morgan fingerprint density at radius 1 is 0.962 bits per heavy atom. The molecule has 0 amide bonds. The summed E-state index contributed by atoms with van der Waals surface area (Å²) in [7, 11) is 1.62. The van der Waals surface area contributed by atoms with Crippen molar-refractivity contribution >= 4 is 11.9 Å². The van der Waals surface area contributed by atoms with Crippen LogP contribution in [0, 0.1) is 11.8 Å². The normalized spacial score (nSPS) is 26.1. The Balaban J connectivity index is 2.52. The maximum atomic E-state index is 12.2. The lowest BCUT2D eigenvalue weighted by Gasteiger charge is -2.40. The minimum atomic E-state index is -0.513. The molecule has 0 radical (unpaired) electrons. The molecule has 0 bridgehead atoms. The largest absolute Gasteiger partial charge is 0.497 e. The van der Waals surface area contributed by atoms with Crippen molar-refractivity contribution in [1.29, 1.82) is 0 Å². The van der Waals surface area contributed by atoms with Crippen LogP contribution in [0.4, 0.5) is 0 Å². The maximum absolute atomic E-state index is 12.2. The van der Waals surface area contributed by atoms with Gasteiger partial charge in [0, 0.05) is 0 Å². The average molecular weight is 362 g/mol. The van der Waals surface area contributed by atoms with E-state index < -0.39 is 11.9 Å². The summed E-state index contributed by atoms with van der Waals surface area (Å²) in [5.41, 5.74) is 0.990. The number of cyclic esters (lactones) is 2. The first-order chi connectivity index (χ1) is 12.4. The molecular formula is C21H30O5. The molecule has 4 unspecified atom stereocenters. The predicted molar refractivity (Wildman–Crippen MR) is 99.0 cm³/mol. The number of benzene rings is 1. The van der Waals surface area contributed by atoms with Crippen LogP contribution in [0.1, 0.15) is 58.4 Å². The third-order valence-corrected chi connectivity index (χ3v) is 5.44. The van der Waals surface area contributed by atoms with E-state index >= 15 is 0 Å². The van der Waals surface area contributed by atoms with Gasteiger partial charge in [0.2, 0.25) is 0 Å². The van der Waals surface area contributed by atoms with Crippen LogP contribution >= 0.6 is 0 Å². The summed E-state index contributed by atoms with van der Waals surface area (Å²) in [6.07, 6.45) is 0.730. The van der Waals surface area contributed by atoms with Crippen LogP contribution in [0.15, 0.2) is 24.3 Å². The molecule has 1 aliphatic heterocycles. The van der Waals surface area contributed by atoms with E-state index in [1.807, 2.05) is 24.3 Å². The van der Waals surface area contributed by atoms with E-state index in [1.54, 1.807) is 7.11 Å². The van der Waals surface area contributed by atoms with Crippen LogP contribution in [0.5, 0.6) is 5.75 Å². The molecule has 1 fully saturated rings. The molecule has 0 aliphatic carbocycles. The molecular weight excluding hydrogens is 332 g/mol. The highest BCUT2D eigenvalue weighted by molar-refractivity contribution is 5.91. The Kier molecular flexibility index (Phi) is 7.06. The second kappa shape index (κ2) is 9.06. The monoisotopic (exact) mass is 362 g/mol. The molecule has 144 valence electrons. The SMILES string of the molecule is CCC(C)C1OC(=O)CC(=O)OC(C(C)CC)C1c1ccc(OC)cc1. The van der Waals surface area contributed by atoms with Crippen molar-refractivity contribution < 1.29 is 23.8 Å². The lowest BCUT2D eigenvalue weighted by atomic mass is 9.77. The number of rotatable bonds is 6. The molecule has 0 N–H and O–H groups in total. The fourth-order valence-electron chi connectivity index (χ4n) is 3.45. The van der Waals surface area contributed by atoms with E-state index in [1.165, 1.54) is 0 Å². The van der Waals surface area contributed by atoms with E-state index in [-0.39, 0.29) is 36.4 Å². The van der Waals surface area contributed by atoms with E-state index in [0.29, 0.717) is 0 Å². The summed E-state index contributed by atoms with van der Waals surface area (Å²) < 4.78 is 16.8. The van der Waals surface area contributed by atoms with Crippen LogP contribution in [0.3, 0.4) is 0 Å². The topological polar surface area (TPSA) is 61.8 Å². The molecule has 1 aliphatic rings. The zero-order valence-corrected chi connectivity index (χ0v) is 16.4. The number of esters is 2. The molecule has 0 aromatic heterocycles. The first kappa shape index (κ1) is 20.3. The van der Waals surface area contributed by atoms with E-state index in [2.05, 4.69) is 27.7 Å². The van der Waals surface area contributed by atoms with Crippen molar-refractivity contribution in [1.82, 2.24) is 0 Å².